The summed E-state index contributed by atoms with van der Waals surface area (Å²) in [5.41, 5.74) is 3.25. The van der Waals surface area contributed by atoms with Crippen molar-refractivity contribution < 1.29 is 23.6 Å². The molecule has 1 aromatic heterocycles. The van der Waals surface area contributed by atoms with Crippen molar-refractivity contribution in [2.45, 2.75) is 33.5 Å². The van der Waals surface area contributed by atoms with E-state index in [1.54, 1.807) is 12.1 Å². The summed E-state index contributed by atoms with van der Waals surface area (Å²) in [6, 6.07) is 7.35. The van der Waals surface area contributed by atoms with Gasteiger partial charge in [0.1, 0.15) is 11.3 Å². The molecule has 1 aliphatic heterocycles. The molecule has 0 atom stereocenters. The van der Waals surface area contributed by atoms with Crippen LogP contribution in [-0.4, -0.2) is 22.9 Å². The Bertz CT molecular complexity index is 801. The molecule has 0 saturated carbocycles. The lowest BCUT2D eigenvalue weighted by molar-refractivity contribution is -0.222. The number of esters is 2. The zero-order chi connectivity index (χ0) is 17.5. The van der Waals surface area contributed by atoms with E-state index in [0.29, 0.717) is 5.56 Å². The maximum absolute atomic E-state index is 12.0. The number of aryl methyl sites for hydroxylation is 2. The normalized spacial score (nSPS) is 16.6. The molecule has 1 aliphatic rings. The lowest BCUT2D eigenvalue weighted by Gasteiger charge is -2.29. The van der Waals surface area contributed by atoms with Crippen LogP contribution in [0.3, 0.4) is 0 Å². The Morgan fingerprint density at radius 2 is 1.58 bits per heavy atom. The topological polar surface area (TPSA) is 78.6 Å². The molecule has 0 aliphatic carbocycles. The highest BCUT2D eigenvalue weighted by Gasteiger charge is 2.38. The lowest BCUT2D eigenvalue weighted by Crippen LogP contribution is -2.41. The Balaban J connectivity index is 1.89. The number of cyclic esters (lactones) is 2. The SMILES string of the molecule is Cc1noc(C)c1-c1ccc(C=C2C(=O)OC(C)(C)OC2=O)cc1. The first kappa shape index (κ1) is 16.0. The average Bonchev–Trinajstić information content (AvgIpc) is 2.82. The minimum Gasteiger partial charge on any atom is -0.419 e. The van der Waals surface area contributed by atoms with Crippen LogP contribution >= 0.6 is 0 Å². The van der Waals surface area contributed by atoms with Crippen LogP contribution in [0.2, 0.25) is 0 Å². The number of aromatic nitrogens is 1. The molecular weight excluding hydrogens is 310 g/mol. The van der Waals surface area contributed by atoms with Crippen molar-refractivity contribution in [3.05, 3.63) is 46.9 Å². The fourth-order valence-electron chi connectivity index (χ4n) is 2.59. The molecule has 0 bridgehead atoms. The number of benzene rings is 1. The monoisotopic (exact) mass is 327 g/mol. The van der Waals surface area contributed by atoms with Gasteiger partial charge in [0.2, 0.25) is 0 Å². The Labute approximate surface area is 139 Å². The van der Waals surface area contributed by atoms with E-state index in [2.05, 4.69) is 5.16 Å². The molecule has 124 valence electrons. The summed E-state index contributed by atoms with van der Waals surface area (Å²) in [6.07, 6.45) is 1.46. The standard InChI is InChI=1S/C18H17NO5/c1-10-15(11(2)24-19-10)13-7-5-12(6-8-13)9-14-16(20)22-18(3,4)23-17(14)21/h5-9H,1-4H3. The van der Waals surface area contributed by atoms with Gasteiger partial charge in [-0.15, -0.1) is 0 Å². The molecular formula is C18H17NO5. The summed E-state index contributed by atoms with van der Waals surface area (Å²) in [4.78, 5) is 23.9. The molecule has 1 aromatic carbocycles. The van der Waals surface area contributed by atoms with Crippen LogP contribution < -0.4 is 0 Å². The fraction of sp³-hybridized carbons (Fsp3) is 0.278. The van der Waals surface area contributed by atoms with E-state index < -0.39 is 17.7 Å². The molecule has 0 spiro atoms. The van der Waals surface area contributed by atoms with Crippen molar-refractivity contribution in [3.8, 4) is 11.1 Å². The predicted octanol–water partition coefficient (Wildman–Crippen LogP) is 3.18. The van der Waals surface area contributed by atoms with Crippen LogP contribution in [0, 0.1) is 13.8 Å². The molecule has 6 nitrogen and oxygen atoms in total. The van der Waals surface area contributed by atoms with Gasteiger partial charge in [-0.2, -0.15) is 0 Å². The van der Waals surface area contributed by atoms with Gasteiger partial charge in [-0.1, -0.05) is 29.4 Å². The largest absolute Gasteiger partial charge is 0.419 e. The van der Waals surface area contributed by atoms with Gasteiger partial charge in [-0.05, 0) is 31.1 Å². The smallest absolute Gasteiger partial charge is 0.348 e. The minimum atomic E-state index is -1.24. The molecule has 24 heavy (non-hydrogen) atoms. The second-order valence-electron chi connectivity index (χ2n) is 6.06. The van der Waals surface area contributed by atoms with E-state index in [1.165, 1.54) is 19.9 Å². The molecule has 1 saturated heterocycles. The van der Waals surface area contributed by atoms with Gasteiger partial charge in [0.15, 0.2) is 0 Å². The van der Waals surface area contributed by atoms with Crippen molar-refractivity contribution in [2.24, 2.45) is 0 Å². The Kier molecular flexibility index (Phi) is 3.75. The van der Waals surface area contributed by atoms with Crippen LogP contribution in [-0.2, 0) is 19.1 Å². The van der Waals surface area contributed by atoms with E-state index in [0.717, 1.165) is 22.6 Å². The highest BCUT2D eigenvalue weighted by molar-refractivity contribution is 6.18. The quantitative estimate of drug-likeness (QED) is 0.479. The molecule has 6 heteroatoms. The van der Waals surface area contributed by atoms with Gasteiger partial charge < -0.3 is 14.0 Å². The highest BCUT2D eigenvalue weighted by atomic mass is 16.7. The average molecular weight is 327 g/mol. The van der Waals surface area contributed by atoms with E-state index in [-0.39, 0.29) is 5.57 Å². The number of hydrogen-bond donors (Lipinski definition) is 0. The van der Waals surface area contributed by atoms with Crippen molar-refractivity contribution in [1.29, 1.82) is 0 Å². The van der Waals surface area contributed by atoms with E-state index >= 15 is 0 Å². The van der Waals surface area contributed by atoms with Gasteiger partial charge >= 0.3 is 11.9 Å². The van der Waals surface area contributed by atoms with Crippen LogP contribution in [0.1, 0.15) is 30.9 Å². The first-order valence-corrected chi connectivity index (χ1v) is 7.48. The van der Waals surface area contributed by atoms with Crippen molar-refractivity contribution in [3.63, 3.8) is 0 Å². The Hall–Kier alpha value is -2.89. The third kappa shape index (κ3) is 2.95. The molecule has 0 N–H and O–H groups in total. The predicted molar refractivity (Wildman–Crippen MR) is 85.7 cm³/mol. The number of ether oxygens (including phenoxy) is 2. The number of nitrogens with zero attached hydrogens (tertiary/aromatic N) is 1. The zero-order valence-corrected chi connectivity index (χ0v) is 13.9. The van der Waals surface area contributed by atoms with Gasteiger partial charge in [0.25, 0.3) is 5.79 Å². The molecule has 0 amide bonds. The fourth-order valence-corrected chi connectivity index (χ4v) is 2.59. The van der Waals surface area contributed by atoms with E-state index in [9.17, 15) is 9.59 Å². The summed E-state index contributed by atoms with van der Waals surface area (Å²) in [6.45, 7) is 6.74. The van der Waals surface area contributed by atoms with Crippen LogP contribution in [0.25, 0.3) is 17.2 Å². The molecule has 1 fully saturated rings. The maximum Gasteiger partial charge on any atom is 0.348 e. The Morgan fingerprint density at radius 3 is 2.08 bits per heavy atom. The van der Waals surface area contributed by atoms with Crippen LogP contribution in [0.5, 0.6) is 0 Å². The van der Waals surface area contributed by atoms with E-state index in [1.807, 2.05) is 26.0 Å². The lowest BCUT2D eigenvalue weighted by atomic mass is 10.0. The molecule has 0 unspecified atom stereocenters. The van der Waals surface area contributed by atoms with Crippen molar-refractivity contribution in [2.75, 3.05) is 0 Å². The van der Waals surface area contributed by atoms with Crippen LogP contribution in [0.15, 0.2) is 34.4 Å². The first-order valence-electron chi connectivity index (χ1n) is 7.48. The van der Waals surface area contributed by atoms with Gasteiger partial charge in [-0.3, -0.25) is 0 Å². The molecule has 2 heterocycles. The van der Waals surface area contributed by atoms with E-state index in [4.69, 9.17) is 14.0 Å². The first-order chi connectivity index (χ1) is 11.3. The molecule has 0 radical (unpaired) electrons. The number of carbonyl (C=O) groups is 2. The number of rotatable bonds is 2. The van der Waals surface area contributed by atoms with Gasteiger partial charge in [0.05, 0.1) is 5.69 Å². The summed E-state index contributed by atoms with van der Waals surface area (Å²) in [7, 11) is 0. The van der Waals surface area contributed by atoms with Crippen LogP contribution in [0.4, 0.5) is 0 Å². The van der Waals surface area contributed by atoms with Crippen molar-refractivity contribution >= 4 is 18.0 Å². The third-order valence-electron chi connectivity index (χ3n) is 3.66. The second-order valence-corrected chi connectivity index (χ2v) is 6.06. The molecule has 2 aromatic rings. The van der Waals surface area contributed by atoms with Gasteiger partial charge in [0, 0.05) is 19.4 Å². The van der Waals surface area contributed by atoms with Crippen molar-refractivity contribution in [1.82, 2.24) is 5.16 Å². The number of carbonyl (C=O) groups excluding carboxylic acids is 2. The maximum atomic E-state index is 12.0. The number of hydrogen-bond acceptors (Lipinski definition) is 6. The summed E-state index contributed by atoms with van der Waals surface area (Å²) in [5, 5.41) is 3.93. The molecule has 3 rings (SSSR count). The summed E-state index contributed by atoms with van der Waals surface area (Å²) in [5.74, 6) is -1.88. The summed E-state index contributed by atoms with van der Waals surface area (Å²) >= 11 is 0. The summed E-state index contributed by atoms with van der Waals surface area (Å²) < 4.78 is 15.3. The highest BCUT2D eigenvalue weighted by Crippen LogP contribution is 2.28. The zero-order valence-electron chi connectivity index (χ0n) is 13.9. The second kappa shape index (κ2) is 5.63. The Morgan fingerprint density at radius 1 is 1.00 bits per heavy atom. The van der Waals surface area contributed by atoms with Gasteiger partial charge in [-0.25, -0.2) is 9.59 Å². The third-order valence-corrected chi connectivity index (χ3v) is 3.66. The minimum absolute atomic E-state index is 0.126.